The number of halogens is 1. The minimum Gasteiger partial charge on any atom is -0.504 e. The van der Waals surface area contributed by atoms with Gasteiger partial charge in [-0.2, -0.15) is 0 Å². The molecule has 0 aromatic heterocycles. The van der Waals surface area contributed by atoms with Gasteiger partial charge in [0.05, 0.1) is 5.41 Å². The van der Waals surface area contributed by atoms with E-state index >= 15 is 0 Å². The summed E-state index contributed by atoms with van der Waals surface area (Å²) in [5.74, 6) is -4.57. The Morgan fingerprint density at radius 2 is 1.83 bits per heavy atom. The molecule has 0 fully saturated rings. The van der Waals surface area contributed by atoms with Crippen LogP contribution in [-0.4, -0.2) is 27.3 Å². The highest BCUT2D eigenvalue weighted by Gasteiger charge is 2.28. The number of carbonyl (C=O) groups is 2. The molecule has 1 rings (SSSR count). The summed E-state index contributed by atoms with van der Waals surface area (Å²) in [5.41, 5.74) is -1.53. The van der Waals surface area contributed by atoms with Crippen LogP contribution in [0.3, 0.4) is 0 Å². The second-order valence-corrected chi connectivity index (χ2v) is 4.64. The molecule has 98 valence electrons. The van der Waals surface area contributed by atoms with Crippen molar-refractivity contribution in [3.63, 3.8) is 0 Å². The zero-order valence-electron chi connectivity index (χ0n) is 9.90. The normalized spacial score (nSPS) is 11.3. The molecule has 6 heteroatoms. The van der Waals surface area contributed by atoms with Crippen LogP contribution < -0.4 is 0 Å². The van der Waals surface area contributed by atoms with Crippen LogP contribution in [0.25, 0.3) is 0 Å². The summed E-state index contributed by atoms with van der Waals surface area (Å²) in [6, 6.07) is 2.01. The Kier molecular flexibility index (Phi) is 3.59. The van der Waals surface area contributed by atoms with Crippen LogP contribution in [0, 0.1) is 11.2 Å². The lowest BCUT2D eigenvalue weighted by Gasteiger charge is -2.19. The average Bonchev–Trinajstić information content (AvgIpc) is 2.21. The van der Waals surface area contributed by atoms with Crippen molar-refractivity contribution in [2.24, 2.45) is 5.41 Å². The number of aromatic hydroxyl groups is 1. The fraction of sp³-hybridized carbons (Fsp3) is 0.333. The lowest BCUT2D eigenvalue weighted by molar-refractivity contribution is -0.146. The average molecular weight is 256 g/mol. The number of carboxylic acids is 2. The van der Waals surface area contributed by atoms with Crippen molar-refractivity contribution < 1.29 is 29.3 Å². The van der Waals surface area contributed by atoms with Gasteiger partial charge < -0.3 is 15.3 Å². The van der Waals surface area contributed by atoms with Crippen LogP contribution >= 0.6 is 0 Å². The molecule has 1 aromatic carbocycles. The molecule has 0 aliphatic carbocycles. The van der Waals surface area contributed by atoms with Gasteiger partial charge in [-0.1, -0.05) is 0 Å². The predicted molar refractivity (Wildman–Crippen MR) is 60.1 cm³/mol. The van der Waals surface area contributed by atoms with Gasteiger partial charge in [-0.15, -0.1) is 0 Å². The van der Waals surface area contributed by atoms with E-state index in [1.165, 1.54) is 13.8 Å². The summed E-state index contributed by atoms with van der Waals surface area (Å²) >= 11 is 0. The first-order valence-electron chi connectivity index (χ1n) is 5.13. The Morgan fingerprint density at radius 3 is 2.28 bits per heavy atom. The molecule has 0 bridgehead atoms. The van der Waals surface area contributed by atoms with Crippen LogP contribution in [0.4, 0.5) is 4.39 Å². The summed E-state index contributed by atoms with van der Waals surface area (Å²) in [6.07, 6.45) is -0.0419. The van der Waals surface area contributed by atoms with Gasteiger partial charge in [0.15, 0.2) is 11.6 Å². The fourth-order valence-corrected chi connectivity index (χ4v) is 1.51. The third-order valence-electron chi connectivity index (χ3n) is 2.58. The van der Waals surface area contributed by atoms with E-state index in [9.17, 15) is 19.1 Å². The molecule has 1 aromatic rings. The Bertz CT molecular complexity index is 507. The Labute approximate surface area is 102 Å². The Hall–Kier alpha value is -2.11. The molecule has 0 aliphatic heterocycles. The van der Waals surface area contributed by atoms with E-state index in [0.29, 0.717) is 0 Å². The number of carboxylic acid groups (broad SMARTS) is 2. The van der Waals surface area contributed by atoms with Crippen LogP contribution in [-0.2, 0) is 11.2 Å². The molecule has 0 heterocycles. The van der Waals surface area contributed by atoms with Crippen LogP contribution in [0.2, 0.25) is 0 Å². The molecule has 3 N–H and O–H groups in total. The van der Waals surface area contributed by atoms with Gasteiger partial charge in [0.25, 0.3) is 0 Å². The lowest BCUT2D eigenvalue weighted by atomic mass is 9.85. The van der Waals surface area contributed by atoms with Gasteiger partial charge in [-0.25, -0.2) is 9.18 Å². The van der Waals surface area contributed by atoms with Crippen molar-refractivity contribution in [2.45, 2.75) is 20.3 Å². The SMILES string of the molecule is CC(C)(Cc1cc(F)c(O)c(C(=O)O)c1)C(=O)O. The summed E-state index contributed by atoms with van der Waals surface area (Å²) < 4.78 is 13.3. The number of benzene rings is 1. The van der Waals surface area contributed by atoms with Crippen molar-refractivity contribution in [3.8, 4) is 5.75 Å². The molecule has 0 amide bonds. The Morgan fingerprint density at radius 1 is 1.28 bits per heavy atom. The first-order chi connectivity index (χ1) is 8.15. The zero-order chi connectivity index (χ0) is 14.1. The second-order valence-electron chi connectivity index (χ2n) is 4.64. The van der Waals surface area contributed by atoms with Crippen molar-refractivity contribution in [1.29, 1.82) is 0 Å². The maximum absolute atomic E-state index is 13.3. The van der Waals surface area contributed by atoms with E-state index in [4.69, 9.17) is 10.2 Å². The minimum atomic E-state index is -1.47. The van der Waals surface area contributed by atoms with Crippen LogP contribution in [0.1, 0.15) is 29.8 Å². The summed E-state index contributed by atoms with van der Waals surface area (Å²) in [7, 11) is 0. The van der Waals surface area contributed by atoms with E-state index < -0.39 is 34.5 Å². The maximum Gasteiger partial charge on any atom is 0.339 e. The topological polar surface area (TPSA) is 94.8 Å². The largest absolute Gasteiger partial charge is 0.504 e. The molecule has 0 atom stereocenters. The summed E-state index contributed by atoms with van der Waals surface area (Å²) in [5, 5.41) is 27.0. The zero-order valence-corrected chi connectivity index (χ0v) is 9.90. The molecule has 0 radical (unpaired) electrons. The predicted octanol–water partition coefficient (Wildman–Crippen LogP) is 1.88. The first-order valence-corrected chi connectivity index (χ1v) is 5.13. The molecular formula is C12H13FO5. The third-order valence-corrected chi connectivity index (χ3v) is 2.58. The number of hydrogen-bond donors (Lipinski definition) is 3. The summed E-state index contributed by atoms with van der Waals surface area (Å²) in [4.78, 5) is 21.7. The van der Waals surface area contributed by atoms with Crippen LogP contribution in [0.15, 0.2) is 12.1 Å². The molecule has 0 aliphatic rings. The fourth-order valence-electron chi connectivity index (χ4n) is 1.51. The monoisotopic (exact) mass is 256 g/mol. The van der Waals surface area contributed by atoms with Gasteiger partial charge in [-0.05, 0) is 38.0 Å². The number of rotatable bonds is 4. The van der Waals surface area contributed by atoms with E-state index in [0.717, 1.165) is 12.1 Å². The smallest absolute Gasteiger partial charge is 0.339 e. The molecule has 0 spiro atoms. The molecule has 18 heavy (non-hydrogen) atoms. The maximum atomic E-state index is 13.3. The van der Waals surface area contributed by atoms with Gasteiger partial charge in [-0.3, -0.25) is 4.79 Å². The van der Waals surface area contributed by atoms with Crippen LogP contribution in [0.5, 0.6) is 5.75 Å². The second kappa shape index (κ2) is 4.64. The lowest BCUT2D eigenvalue weighted by Crippen LogP contribution is -2.26. The van der Waals surface area contributed by atoms with E-state index in [1.807, 2.05) is 0 Å². The number of hydrogen-bond acceptors (Lipinski definition) is 3. The van der Waals surface area contributed by atoms with Gasteiger partial charge in [0.2, 0.25) is 0 Å². The Balaban J connectivity index is 3.20. The van der Waals surface area contributed by atoms with Gasteiger partial charge >= 0.3 is 11.9 Å². The van der Waals surface area contributed by atoms with Gasteiger partial charge in [0, 0.05) is 0 Å². The highest BCUT2D eigenvalue weighted by molar-refractivity contribution is 5.91. The molecule has 5 nitrogen and oxygen atoms in total. The van der Waals surface area contributed by atoms with E-state index in [1.54, 1.807) is 0 Å². The summed E-state index contributed by atoms with van der Waals surface area (Å²) in [6.45, 7) is 2.89. The van der Waals surface area contributed by atoms with Crippen molar-refractivity contribution >= 4 is 11.9 Å². The van der Waals surface area contributed by atoms with Gasteiger partial charge in [0.1, 0.15) is 5.56 Å². The number of phenols is 1. The standard InChI is InChI=1S/C12H13FO5/c1-12(2,11(17)18)5-6-3-7(10(15)16)9(14)8(13)4-6/h3-4,14H,5H2,1-2H3,(H,15,16)(H,17,18). The molecule has 0 saturated heterocycles. The van der Waals surface area contributed by atoms with Crippen molar-refractivity contribution in [1.82, 2.24) is 0 Å². The molecule has 0 saturated carbocycles. The quantitative estimate of drug-likeness (QED) is 0.764. The van der Waals surface area contributed by atoms with E-state index in [2.05, 4.69) is 0 Å². The van der Waals surface area contributed by atoms with E-state index in [-0.39, 0.29) is 12.0 Å². The third kappa shape index (κ3) is 2.77. The highest BCUT2D eigenvalue weighted by Crippen LogP contribution is 2.28. The number of aliphatic carboxylic acids is 1. The molecule has 0 unspecified atom stereocenters. The first kappa shape index (κ1) is 14.0. The number of aromatic carboxylic acids is 1. The van der Waals surface area contributed by atoms with Crippen molar-refractivity contribution in [3.05, 3.63) is 29.1 Å². The minimum absolute atomic E-state index is 0.0419. The highest BCUT2D eigenvalue weighted by atomic mass is 19.1. The van der Waals surface area contributed by atoms with Crippen molar-refractivity contribution in [2.75, 3.05) is 0 Å². The molecular weight excluding hydrogens is 243 g/mol.